The Hall–Kier alpha value is -0.900. The number of epoxide rings is 1. The van der Waals surface area contributed by atoms with E-state index in [1.807, 2.05) is 0 Å². The van der Waals surface area contributed by atoms with Crippen LogP contribution in [-0.2, 0) is 19.1 Å². The van der Waals surface area contributed by atoms with Crippen LogP contribution >= 0.6 is 0 Å². The smallest absolute Gasteiger partial charge is 0.317 e. The molecule has 0 amide bonds. The van der Waals surface area contributed by atoms with Crippen molar-refractivity contribution in [3.63, 3.8) is 0 Å². The Labute approximate surface area is 92.3 Å². The number of carbonyl (C=O) groups is 2. The molecule has 0 spiro atoms. The zero-order chi connectivity index (χ0) is 10.6. The molecule has 16 heavy (non-hydrogen) atoms. The molecule has 2 saturated heterocycles. The van der Waals surface area contributed by atoms with Gasteiger partial charge in [0.05, 0.1) is 24.0 Å². The Kier molecular flexibility index (Phi) is 1.14. The molecule has 5 aliphatic rings. The number of carbonyl (C=O) groups excluding carboxylic acids is 2. The van der Waals surface area contributed by atoms with Gasteiger partial charge < -0.3 is 9.47 Å². The molecule has 3 saturated carbocycles. The predicted molar refractivity (Wildman–Crippen MR) is 49.9 cm³/mol. The molecule has 2 bridgehead atoms. The van der Waals surface area contributed by atoms with Crippen molar-refractivity contribution in [2.75, 3.05) is 0 Å². The van der Waals surface area contributed by atoms with E-state index >= 15 is 0 Å². The van der Waals surface area contributed by atoms with Crippen LogP contribution in [0.2, 0.25) is 0 Å². The van der Waals surface area contributed by atoms with Crippen LogP contribution in [0.15, 0.2) is 0 Å². The Morgan fingerprint density at radius 2 is 1.69 bits per heavy atom. The summed E-state index contributed by atoms with van der Waals surface area (Å²) < 4.78 is 10.4. The van der Waals surface area contributed by atoms with Crippen molar-refractivity contribution in [1.29, 1.82) is 0 Å². The maximum atomic E-state index is 11.7. The Morgan fingerprint density at radius 3 is 2.50 bits per heavy atom. The van der Waals surface area contributed by atoms with E-state index in [0.29, 0.717) is 35.9 Å². The van der Waals surface area contributed by atoms with Crippen molar-refractivity contribution in [1.82, 2.24) is 0 Å². The van der Waals surface area contributed by atoms with Crippen LogP contribution in [0.3, 0.4) is 0 Å². The summed E-state index contributed by atoms with van der Waals surface area (Å²) >= 11 is 0. The molecule has 0 N–H and O–H groups in total. The van der Waals surface area contributed by atoms with Crippen molar-refractivity contribution in [2.45, 2.75) is 25.0 Å². The highest BCUT2D eigenvalue weighted by Gasteiger charge is 2.73. The quantitative estimate of drug-likeness (QED) is 0.336. The lowest BCUT2D eigenvalue weighted by Gasteiger charge is -2.31. The predicted octanol–water partition coefficient (Wildman–Crippen LogP) is 0.355. The fourth-order valence-electron chi connectivity index (χ4n) is 5.23. The van der Waals surface area contributed by atoms with Crippen LogP contribution < -0.4 is 0 Å². The van der Waals surface area contributed by atoms with Crippen LogP contribution in [0.1, 0.15) is 12.8 Å². The van der Waals surface area contributed by atoms with Crippen LogP contribution in [0.25, 0.3) is 0 Å². The fourth-order valence-corrected chi connectivity index (χ4v) is 5.23. The van der Waals surface area contributed by atoms with Gasteiger partial charge >= 0.3 is 11.9 Å². The third-order valence-corrected chi connectivity index (χ3v) is 5.64. The van der Waals surface area contributed by atoms with Gasteiger partial charge in [0.2, 0.25) is 0 Å². The molecule has 8 atom stereocenters. The van der Waals surface area contributed by atoms with Crippen molar-refractivity contribution >= 4 is 11.9 Å². The third kappa shape index (κ3) is 0.680. The second kappa shape index (κ2) is 2.21. The zero-order valence-corrected chi connectivity index (χ0v) is 8.67. The average molecular weight is 220 g/mol. The van der Waals surface area contributed by atoms with Gasteiger partial charge in [-0.2, -0.15) is 0 Å². The highest BCUT2D eigenvalue weighted by atomic mass is 16.6. The average Bonchev–Trinajstić information content (AvgIpc) is 2.67. The summed E-state index contributed by atoms with van der Waals surface area (Å²) in [4.78, 5) is 23.3. The first-order valence-corrected chi connectivity index (χ1v) is 6.16. The van der Waals surface area contributed by atoms with Gasteiger partial charge in [-0.3, -0.25) is 9.59 Å². The molecule has 0 aromatic carbocycles. The lowest BCUT2D eigenvalue weighted by molar-refractivity contribution is -0.154. The van der Waals surface area contributed by atoms with Gasteiger partial charge in [-0.25, -0.2) is 0 Å². The molecule has 2 aliphatic heterocycles. The van der Waals surface area contributed by atoms with Crippen LogP contribution in [0, 0.1) is 35.5 Å². The molecule has 8 unspecified atom stereocenters. The van der Waals surface area contributed by atoms with Gasteiger partial charge in [0.15, 0.2) is 0 Å². The lowest BCUT2D eigenvalue weighted by Crippen LogP contribution is -2.36. The van der Waals surface area contributed by atoms with Crippen molar-refractivity contribution in [2.24, 2.45) is 35.5 Å². The first-order valence-electron chi connectivity index (χ1n) is 6.16. The van der Waals surface area contributed by atoms with E-state index in [-0.39, 0.29) is 23.8 Å². The van der Waals surface area contributed by atoms with E-state index in [1.54, 1.807) is 0 Å². The maximum absolute atomic E-state index is 11.7. The van der Waals surface area contributed by atoms with Crippen LogP contribution in [-0.4, -0.2) is 24.1 Å². The largest absolute Gasteiger partial charge is 0.393 e. The van der Waals surface area contributed by atoms with Crippen LogP contribution in [0.5, 0.6) is 0 Å². The SMILES string of the molecule is O=C1OC(=O)C2C3CC(C4CC5OC5C43)C12. The minimum absolute atomic E-state index is 0.101. The standard InChI is InChI=1S/C12H12O4/c13-11-8-3-1-5(9(8)12(14)16-11)7-4(3)2-6-10(7)15-6/h3-10H,1-2H2. The summed E-state index contributed by atoms with van der Waals surface area (Å²) in [5.41, 5.74) is 0. The summed E-state index contributed by atoms with van der Waals surface area (Å²) in [6, 6.07) is 0. The summed E-state index contributed by atoms with van der Waals surface area (Å²) in [5.74, 6) is 1.24. The zero-order valence-electron chi connectivity index (χ0n) is 8.67. The van der Waals surface area contributed by atoms with E-state index in [2.05, 4.69) is 0 Å². The number of cyclic esters (lactones) is 2. The first-order chi connectivity index (χ1) is 7.75. The monoisotopic (exact) mass is 220 g/mol. The minimum atomic E-state index is -0.259. The summed E-state index contributed by atoms with van der Waals surface area (Å²) in [6.07, 6.45) is 3.02. The minimum Gasteiger partial charge on any atom is -0.393 e. The number of hydrogen-bond donors (Lipinski definition) is 0. The Bertz CT molecular complexity index is 431. The number of ether oxygens (including phenoxy) is 2. The molecular formula is C12H12O4. The van der Waals surface area contributed by atoms with Crippen LogP contribution in [0.4, 0.5) is 0 Å². The summed E-state index contributed by atoms with van der Waals surface area (Å²) in [6.45, 7) is 0. The van der Waals surface area contributed by atoms with Crippen molar-refractivity contribution < 1.29 is 19.1 Å². The molecule has 3 aliphatic carbocycles. The number of fused-ring (bicyclic) bond motifs is 10. The van der Waals surface area contributed by atoms with Gasteiger partial charge in [0.25, 0.3) is 0 Å². The van der Waals surface area contributed by atoms with E-state index in [4.69, 9.17) is 9.47 Å². The topological polar surface area (TPSA) is 55.9 Å². The number of rotatable bonds is 0. The number of esters is 2. The van der Waals surface area contributed by atoms with E-state index < -0.39 is 0 Å². The second-order valence-corrected chi connectivity index (χ2v) is 5.97. The van der Waals surface area contributed by atoms with Gasteiger partial charge in [-0.05, 0) is 36.5 Å². The maximum Gasteiger partial charge on any atom is 0.317 e. The second-order valence-electron chi connectivity index (χ2n) is 5.97. The first kappa shape index (κ1) is 8.23. The lowest BCUT2D eigenvalue weighted by atomic mass is 9.70. The van der Waals surface area contributed by atoms with Gasteiger partial charge in [-0.1, -0.05) is 0 Å². The summed E-state index contributed by atoms with van der Waals surface area (Å²) in [7, 11) is 0. The molecule has 84 valence electrons. The normalized spacial score (nSPS) is 64.2. The third-order valence-electron chi connectivity index (χ3n) is 5.64. The molecule has 0 aromatic heterocycles. The van der Waals surface area contributed by atoms with Gasteiger partial charge in [0.1, 0.15) is 0 Å². The van der Waals surface area contributed by atoms with E-state index in [1.165, 1.54) is 0 Å². The Balaban J connectivity index is 1.61. The molecule has 2 heterocycles. The molecule has 0 radical (unpaired) electrons. The van der Waals surface area contributed by atoms with Gasteiger partial charge in [0, 0.05) is 0 Å². The Morgan fingerprint density at radius 1 is 0.938 bits per heavy atom. The van der Waals surface area contributed by atoms with Crippen molar-refractivity contribution in [3.8, 4) is 0 Å². The highest BCUT2D eigenvalue weighted by molar-refractivity contribution is 5.97. The van der Waals surface area contributed by atoms with E-state index in [0.717, 1.165) is 12.8 Å². The molecule has 5 fully saturated rings. The van der Waals surface area contributed by atoms with Crippen molar-refractivity contribution in [3.05, 3.63) is 0 Å². The van der Waals surface area contributed by atoms with Gasteiger partial charge in [-0.15, -0.1) is 0 Å². The summed E-state index contributed by atoms with van der Waals surface area (Å²) in [5, 5.41) is 0. The fraction of sp³-hybridized carbons (Fsp3) is 0.833. The molecule has 5 rings (SSSR count). The van der Waals surface area contributed by atoms with E-state index in [9.17, 15) is 9.59 Å². The molecule has 0 aromatic rings. The highest BCUT2D eigenvalue weighted by Crippen LogP contribution is 2.68. The number of hydrogen-bond acceptors (Lipinski definition) is 4. The molecular weight excluding hydrogens is 208 g/mol. The molecule has 4 heteroatoms. The molecule has 4 nitrogen and oxygen atoms in total.